The highest BCUT2D eigenvalue weighted by atomic mass is 16.6. The molecular weight excluding hydrogens is 408 g/mol. The molecule has 0 aromatic carbocycles. The van der Waals surface area contributed by atoms with Crippen molar-refractivity contribution >= 4 is 47.8 Å². The number of fused-ring (bicyclic) bond motifs is 8. The highest BCUT2D eigenvalue weighted by Crippen LogP contribution is 2.51. The minimum absolute atomic E-state index is 0.384. The summed E-state index contributed by atoms with van der Waals surface area (Å²) >= 11 is 0. The zero-order valence-corrected chi connectivity index (χ0v) is 14.9. The number of rotatable bonds is 0. The lowest BCUT2D eigenvalue weighted by Gasteiger charge is -2.35. The Kier molecular flexibility index (Phi) is 3.74. The van der Waals surface area contributed by atoms with Gasteiger partial charge < -0.3 is 18.9 Å². The van der Waals surface area contributed by atoms with Crippen LogP contribution in [-0.2, 0) is 57.3 Å². The number of ether oxygens (including phenoxy) is 4. The summed E-state index contributed by atoms with van der Waals surface area (Å²) < 4.78 is 18.7. The fourth-order valence-corrected chi connectivity index (χ4v) is 5.32. The standard InChI is InChI=1S/C18H12O12/c19-11-3-1-5(13(21)27-11)9-10(18(26)30-17(9)25)8-6(14(22)29-16(8)24)2-4-7(3)15(23)28-12(4)20/h3-10H,1-2H2. The number of hydrogen-bond acceptors (Lipinski definition) is 12. The van der Waals surface area contributed by atoms with E-state index in [1.54, 1.807) is 0 Å². The smallest absolute Gasteiger partial charge is 0.318 e. The summed E-state index contributed by atoms with van der Waals surface area (Å²) in [7, 11) is 0. The molecule has 5 fully saturated rings. The summed E-state index contributed by atoms with van der Waals surface area (Å²) in [6.07, 6.45) is -0.803. The van der Waals surface area contributed by atoms with Gasteiger partial charge in [0.15, 0.2) is 0 Å². The third-order valence-corrected chi connectivity index (χ3v) is 6.63. The fraction of sp³-hybridized carbons (Fsp3) is 0.556. The minimum Gasteiger partial charge on any atom is -0.393 e. The van der Waals surface area contributed by atoms with E-state index in [-0.39, 0.29) is 6.42 Å². The average Bonchev–Trinajstić information content (AvgIpc) is 3.20. The maximum absolute atomic E-state index is 12.4. The molecule has 0 aromatic heterocycles. The van der Waals surface area contributed by atoms with E-state index in [4.69, 9.17) is 4.74 Å². The molecule has 30 heavy (non-hydrogen) atoms. The highest BCUT2D eigenvalue weighted by Gasteiger charge is 2.66. The van der Waals surface area contributed by atoms with Crippen LogP contribution in [0.5, 0.6) is 0 Å². The van der Waals surface area contributed by atoms with Gasteiger partial charge in [-0.2, -0.15) is 0 Å². The minimum atomic E-state index is -1.53. The number of hydrogen-bond donors (Lipinski definition) is 0. The first-order valence-corrected chi connectivity index (χ1v) is 9.21. The van der Waals surface area contributed by atoms with Gasteiger partial charge in [0.2, 0.25) is 0 Å². The van der Waals surface area contributed by atoms with Gasteiger partial charge in [-0.15, -0.1) is 0 Å². The third-order valence-electron chi connectivity index (χ3n) is 6.63. The van der Waals surface area contributed by atoms with E-state index in [1.165, 1.54) is 0 Å². The molecule has 8 atom stereocenters. The number of esters is 8. The SMILES string of the molecule is O=C1OC(=O)C2CC1C1C(=O)OC(=O)C1CC1C(=O)OC(=O)C1C1C(=O)OC(=O)C21. The molecule has 8 unspecified atom stereocenters. The summed E-state index contributed by atoms with van der Waals surface area (Å²) in [5.41, 5.74) is 0. The van der Waals surface area contributed by atoms with Gasteiger partial charge in [-0.1, -0.05) is 0 Å². The Labute approximate surface area is 166 Å². The largest absolute Gasteiger partial charge is 0.393 e. The van der Waals surface area contributed by atoms with E-state index >= 15 is 0 Å². The van der Waals surface area contributed by atoms with Crippen LogP contribution in [0.4, 0.5) is 0 Å². The van der Waals surface area contributed by atoms with Gasteiger partial charge >= 0.3 is 47.8 Å². The molecule has 2 bridgehead atoms. The fourth-order valence-electron chi connectivity index (χ4n) is 5.32. The van der Waals surface area contributed by atoms with Crippen LogP contribution in [0, 0.1) is 47.3 Å². The Balaban J connectivity index is 1.69. The Bertz CT molecular complexity index is 978. The first-order chi connectivity index (χ1) is 14.2. The molecule has 1 aliphatic carbocycles. The van der Waals surface area contributed by atoms with Gasteiger partial charge in [-0.05, 0) is 12.8 Å². The van der Waals surface area contributed by atoms with Crippen molar-refractivity contribution < 1.29 is 57.3 Å². The molecule has 0 radical (unpaired) electrons. The molecule has 156 valence electrons. The van der Waals surface area contributed by atoms with Crippen molar-refractivity contribution in [1.82, 2.24) is 0 Å². The Morgan fingerprint density at radius 3 is 1.07 bits per heavy atom. The maximum Gasteiger partial charge on any atom is 0.318 e. The van der Waals surface area contributed by atoms with Crippen LogP contribution in [0.2, 0.25) is 0 Å². The predicted octanol–water partition coefficient (Wildman–Crippen LogP) is -1.96. The average molecular weight is 420 g/mol. The molecule has 0 aromatic rings. The highest BCUT2D eigenvalue weighted by molar-refractivity contribution is 6.07. The molecule has 0 N–H and O–H groups in total. The van der Waals surface area contributed by atoms with E-state index in [2.05, 4.69) is 14.2 Å². The van der Waals surface area contributed by atoms with Crippen molar-refractivity contribution in [3.63, 3.8) is 0 Å². The van der Waals surface area contributed by atoms with Gasteiger partial charge in [-0.3, -0.25) is 38.4 Å². The number of carbonyl (C=O) groups excluding carboxylic acids is 8. The molecule has 12 nitrogen and oxygen atoms in total. The van der Waals surface area contributed by atoms with Crippen LogP contribution < -0.4 is 0 Å². The van der Waals surface area contributed by atoms with E-state index < -0.39 is 102 Å². The van der Waals surface area contributed by atoms with Gasteiger partial charge in [0.25, 0.3) is 0 Å². The molecule has 5 aliphatic rings. The van der Waals surface area contributed by atoms with E-state index in [0.29, 0.717) is 0 Å². The summed E-state index contributed by atoms with van der Waals surface area (Å²) in [5, 5.41) is 0. The molecule has 4 saturated heterocycles. The molecule has 4 heterocycles. The van der Waals surface area contributed by atoms with Crippen LogP contribution >= 0.6 is 0 Å². The lowest BCUT2D eigenvalue weighted by molar-refractivity contribution is -0.180. The van der Waals surface area contributed by atoms with Crippen molar-refractivity contribution in [3.8, 4) is 0 Å². The Morgan fingerprint density at radius 2 is 0.633 bits per heavy atom. The lowest BCUT2D eigenvalue weighted by atomic mass is 9.64. The van der Waals surface area contributed by atoms with Crippen LogP contribution in [0.1, 0.15) is 12.8 Å². The van der Waals surface area contributed by atoms with E-state index in [1.807, 2.05) is 0 Å². The molecule has 4 aliphatic heterocycles. The van der Waals surface area contributed by atoms with Gasteiger partial charge in [0.1, 0.15) is 0 Å². The molecular formula is C18H12O12. The van der Waals surface area contributed by atoms with Crippen LogP contribution in [0.3, 0.4) is 0 Å². The van der Waals surface area contributed by atoms with Crippen molar-refractivity contribution in [2.24, 2.45) is 47.3 Å². The second kappa shape index (κ2) is 6.03. The molecule has 5 rings (SSSR count). The molecule has 12 heteroatoms. The monoisotopic (exact) mass is 420 g/mol. The molecule has 0 spiro atoms. The molecule has 0 amide bonds. The van der Waals surface area contributed by atoms with Gasteiger partial charge in [-0.25, -0.2) is 0 Å². The second-order valence-electron chi connectivity index (χ2n) is 7.96. The lowest BCUT2D eigenvalue weighted by Crippen LogP contribution is -2.49. The number of carbonyl (C=O) groups is 8. The van der Waals surface area contributed by atoms with Crippen LogP contribution in [-0.4, -0.2) is 47.8 Å². The summed E-state index contributed by atoms with van der Waals surface area (Å²) in [4.78, 5) is 99.0. The van der Waals surface area contributed by atoms with E-state index in [9.17, 15) is 38.4 Å². The Hall–Kier alpha value is -3.44. The number of cyclic esters (lactones) is 8. The topological polar surface area (TPSA) is 173 Å². The van der Waals surface area contributed by atoms with Crippen LogP contribution in [0.15, 0.2) is 0 Å². The van der Waals surface area contributed by atoms with Crippen molar-refractivity contribution in [2.75, 3.05) is 0 Å². The third kappa shape index (κ3) is 2.33. The summed E-state index contributed by atoms with van der Waals surface area (Å²) in [6.45, 7) is 0. The second-order valence-corrected chi connectivity index (χ2v) is 7.96. The van der Waals surface area contributed by atoms with Crippen molar-refractivity contribution in [1.29, 1.82) is 0 Å². The predicted molar refractivity (Wildman–Crippen MR) is 81.6 cm³/mol. The summed E-state index contributed by atoms with van der Waals surface area (Å²) in [5.74, 6) is -19.8. The first-order valence-electron chi connectivity index (χ1n) is 9.21. The zero-order valence-electron chi connectivity index (χ0n) is 14.9. The van der Waals surface area contributed by atoms with Crippen LogP contribution in [0.25, 0.3) is 0 Å². The quantitative estimate of drug-likeness (QED) is 0.241. The van der Waals surface area contributed by atoms with Crippen molar-refractivity contribution in [3.05, 3.63) is 0 Å². The maximum atomic E-state index is 12.4. The van der Waals surface area contributed by atoms with Crippen molar-refractivity contribution in [2.45, 2.75) is 12.8 Å². The van der Waals surface area contributed by atoms with Gasteiger partial charge in [0.05, 0.1) is 47.3 Å². The first kappa shape index (κ1) is 18.6. The molecule has 1 saturated carbocycles. The Morgan fingerprint density at radius 1 is 0.367 bits per heavy atom. The normalized spacial score (nSPS) is 42.7. The van der Waals surface area contributed by atoms with Gasteiger partial charge in [0, 0.05) is 0 Å². The van der Waals surface area contributed by atoms with E-state index in [0.717, 1.165) is 0 Å². The zero-order chi connectivity index (χ0) is 21.5. The summed E-state index contributed by atoms with van der Waals surface area (Å²) in [6, 6.07) is 0.